The van der Waals surface area contributed by atoms with Crippen molar-refractivity contribution in [3.63, 3.8) is 0 Å². The summed E-state index contributed by atoms with van der Waals surface area (Å²) in [6.07, 6.45) is 5.79. The molecule has 1 aliphatic heterocycles. The molecule has 0 radical (unpaired) electrons. The van der Waals surface area contributed by atoms with Gasteiger partial charge in [0.05, 0.1) is 12.7 Å². The standard InChI is InChI=1S/C18H31NO5/c1-13(2)19(15-7-4-5-8-15)17(20)12-24-18(21)14(3)23-11-16-9-6-10-22-16/h13-16H,4-12H2,1-3H3. The monoisotopic (exact) mass is 341 g/mol. The van der Waals surface area contributed by atoms with Gasteiger partial charge in [-0.2, -0.15) is 0 Å². The Kier molecular flexibility index (Phi) is 7.49. The Labute approximate surface area is 144 Å². The quantitative estimate of drug-likeness (QED) is 0.634. The van der Waals surface area contributed by atoms with Gasteiger partial charge in [0, 0.05) is 18.7 Å². The van der Waals surface area contributed by atoms with Crippen molar-refractivity contribution in [1.82, 2.24) is 4.90 Å². The van der Waals surface area contributed by atoms with E-state index >= 15 is 0 Å². The summed E-state index contributed by atoms with van der Waals surface area (Å²) in [7, 11) is 0. The normalized spacial score (nSPS) is 22.8. The van der Waals surface area contributed by atoms with E-state index in [1.807, 2.05) is 18.7 Å². The molecular formula is C18H31NO5. The molecule has 0 spiro atoms. The highest BCUT2D eigenvalue weighted by molar-refractivity contribution is 5.82. The summed E-state index contributed by atoms with van der Waals surface area (Å²) < 4.78 is 16.1. The topological polar surface area (TPSA) is 65.1 Å². The maximum atomic E-state index is 12.5. The van der Waals surface area contributed by atoms with Crippen LogP contribution in [0.5, 0.6) is 0 Å². The lowest BCUT2D eigenvalue weighted by Crippen LogP contribution is -2.46. The lowest BCUT2D eigenvalue weighted by atomic mass is 10.1. The van der Waals surface area contributed by atoms with Crippen molar-refractivity contribution in [1.29, 1.82) is 0 Å². The average Bonchev–Trinajstić information content (AvgIpc) is 3.23. The molecule has 138 valence electrons. The van der Waals surface area contributed by atoms with Crippen LogP contribution in [0.3, 0.4) is 0 Å². The Morgan fingerprint density at radius 2 is 1.83 bits per heavy atom. The molecule has 0 aromatic rings. The van der Waals surface area contributed by atoms with Crippen molar-refractivity contribution >= 4 is 11.9 Å². The summed E-state index contributed by atoms with van der Waals surface area (Å²) in [6, 6.07) is 0.400. The van der Waals surface area contributed by atoms with Gasteiger partial charge in [0.1, 0.15) is 0 Å². The Morgan fingerprint density at radius 3 is 2.42 bits per heavy atom. The molecule has 0 aromatic heterocycles. The second kappa shape index (κ2) is 9.37. The van der Waals surface area contributed by atoms with Crippen LogP contribution in [-0.4, -0.2) is 60.9 Å². The SMILES string of the molecule is CC(OCC1CCCO1)C(=O)OCC(=O)N(C(C)C)C1CCCC1. The van der Waals surface area contributed by atoms with Crippen molar-refractivity contribution in [2.45, 2.75) is 83.6 Å². The molecule has 1 saturated carbocycles. The summed E-state index contributed by atoms with van der Waals surface area (Å²) in [5.74, 6) is -0.604. The van der Waals surface area contributed by atoms with Crippen LogP contribution in [0.1, 0.15) is 59.3 Å². The number of nitrogens with zero attached hydrogens (tertiary/aromatic N) is 1. The van der Waals surface area contributed by atoms with E-state index in [1.165, 1.54) is 0 Å². The molecule has 0 bridgehead atoms. The minimum Gasteiger partial charge on any atom is -0.454 e. The molecule has 2 unspecified atom stereocenters. The molecule has 2 atom stereocenters. The lowest BCUT2D eigenvalue weighted by molar-refractivity contribution is -0.163. The van der Waals surface area contributed by atoms with Crippen molar-refractivity contribution in [3.05, 3.63) is 0 Å². The first-order chi connectivity index (χ1) is 11.5. The Bertz CT molecular complexity index is 414. The highest BCUT2D eigenvalue weighted by Crippen LogP contribution is 2.25. The fraction of sp³-hybridized carbons (Fsp3) is 0.889. The second-order valence-electron chi connectivity index (χ2n) is 7.05. The van der Waals surface area contributed by atoms with E-state index in [0.29, 0.717) is 6.61 Å². The Morgan fingerprint density at radius 1 is 1.12 bits per heavy atom. The van der Waals surface area contributed by atoms with Crippen molar-refractivity contribution in [2.75, 3.05) is 19.8 Å². The molecule has 2 aliphatic rings. The molecule has 24 heavy (non-hydrogen) atoms. The van der Waals surface area contributed by atoms with Crippen molar-refractivity contribution < 1.29 is 23.8 Å². The highest BCUT2D eigenvalue weighted by Gasteiger charge is 2.29. The third kappa shape index (κ3) is 5.45. The van der Waals surface area contributed by atoms with E-state index in [9.17, 15) is 9.59 Å². The molecule has 1 saturated heterocycles. The van der Waals surface area contributed by atoms with Crippen LogP contribution in [0.15, 0.2) is 0 Å². The molecule has 6 nitrogen and oxygen atoms in total. The van der Waals surface area contributed by atoms with Crippen LogP contribution >= 0.6 is 0 Å². The second-order valence-corrected chi connectivity index (χ2v) is 7.05. The molecule has 0 N–H and O–H groups in total. The van der Waals surface area contributed by atoms with E-state index < -0.39 is 12.1 Å². The van der Waals surface area contributed by atoms with Gasteiger partial charge in [0.15, 0.2) is 12.7 Å². The Hall–Kier alpha value is -1.14. The summed E-state index contributed by atoms with van der Waals surface area (Å²) in [5.41, 5.74) is 0. The van der Waals surface area contributed by atoms with Gasteiger partial charge in [0.2, 0.25) is 0 Å². The maximum absolute atomic E-state index is 12.5. The summed E-state index contributed by atoms with van der Waals surface area (Å²) in [4.78, 5) is 26.3. The summed E-state index contributed by atoms with van der Waals surface area (Å²) in [5, 5.41) is 0. The van der Waals surface area contributed by atoms with E-state index in [1.54, 1.807) is 6.92 Å². The van der Waals surface area contributed by atoms with E-state index in [-0.39, 0.29) is 30.7 Å². The number of ether oxygens (including phenoxy) is 3. The van der Waals surface area contributed by atoms with Crippen LogP contribution in [0.25, 0.3) is 0 Å². The van der Waals surface area contributed by atoms with Crippen LogP contribution < -0.4 is 0 Å². The molecule has 1 aliphatic carbocycles. The van der Waals surface area contributed by atoms with Gasteiger partial charge < -0.3 is 19.1 Å². The zero-order valence-electron chi connectivity index (χ0n) is 15.2. The van der Waals surface area contributed by atoms with Crippen molar-refractivity contribution in [2.24, 2.45) is 0 Å². The van der Waals surface area contributed by atoms with Gasteiger partial charge in [-0.25, -0.2) is 4.79 Å². The first-order valence-electron chi connectivity index (χ1n) is 9.20. The van der Waals surface area contributed by atoms with Gasteiger partial charge >= 0.3 is 5.97 Å². The van der Waals surface area contributed by atoms with Gasteiger partial charge in [-0.3, -0.25) is 4.79 Å². The highest BCUT2D eigenvalue weighted by atomic mass is 16.6. The maximum Gasteiger partial charge on any atom is 0.335 e. The fourth-order valence-corrected chi connectivity index (χ4v) is 3.52. The molecule has 0 aromatic carbocycles. The van der Waals surface area contributed by atoms with E-state index in [4.69, 9.17) is 14.2 Å². The zero-order valence-corrected chi connectivity index (χ0v) is 15.2. The third-order valence-electron chi connectivity index (χ3n) is 4.79. The van der Waals surface area contributed by atoms with Gasteiger partial charge in [-0.05, 0) is 46.5 Å². The van der Waals surface area contributed by atoms with Gasteiger partial charge in [-0.1, -0.05) is 12.8 Å². The number of hydrogen-bond donors (Lipinski definition) is 0. The summed E-state index contributed by atoms with van der Waals surface area (Å²) in [6.45, 7) is 6.61. The first kappa shape index (κ1) is 19.2. The first-order valence-corrected chi connectivity index (χ1v) is 9.20. The molecule has 2 rings (SSSR count). The lowest BCUT2D eigenvalue weighted by Gasteiger charge is -2.32. The minimum absolute atomic E-state index is 0.0701. The largest absolute Gasteiger partial charge is 0.454 e. The number of hydrogen-bond acceptors (Lipinski definition) is 5. The molecular weight excluding hydrogens is 310 g/mol. The van der Waals surface area contributed by atoms with E-state index in [2.05, 4.69) is 0 Å². The predicted molar refractivity (Wildman–Crippen MR) is 89.6 cm³/mol. The minimum atomic E-state index is -0.680. The van der Waals surface area contributed by atoms with Crippen LogP contribution in [0, 0.1) is 0 Å². The average molecular weight is 341 g/mol. The van der Waals surface area contributed by atoms with E-state index in [0.717, 1.165) is 45.1 Å². The van der Waals surface area contributed by atoms with Gasteiger partial charge in [-0.15, -0.1) is 0 Å². The number of carbonyl (C=O) groups excluding carboxylic acids is 2. The zero-order chi connectivity index (χ0) is 17.5. The van der Waals surface area contributed by atoms with Crippen LogP contribution in [0.2, 0.25) is 0 Å². The van der Waals surface area contributed by atoms with Gasteiger partial charge in [0.25, 0.3) is 5.91 Å². The number of carbonyl (C=O) groups is 2. The smallest absolute Gasteiger partial charge is 0.335 e. The Balaban J connectivity index is 1.73. The molecule has 1 amide bonds. The molecule has 6 heteroatoms. The van der Waals surface area contributed by atoms with Crippen LogP contribution in [-0.2, 0) is 23.8 Å². The number of amides is 1. The number of esters is 1. The summed E-state index contributed by atoms with van der Waals surface area (Å²) >= 11 is 0. The third-order valence-corrected chi connectivity index (χ3v) is 4.79. The van der Waals surface area contributed by atoms with Crippen molar-refractivity contribution in [3.8, 4) is 0 Å². The predicted octanol–water partition coefficient (Wildman–Crippen LogP) is 2.29. The van der Waals surface area contributed by atoms with Crippen LogP contribution in [0.4, 0.5) is 0 Å². The fourth-order valence-electron chi connectivity index (χ4n) is 3.52. The molecule has 1 heterocycles. The molecule has 2 fully saturated rings. The number of rotatable bonds is 8.